The summed E-state index contributed by atoms with van der Waals surface area (Å²) in [6.07, 6.45) is 1.60. The zero-order valence-corrected chi connectivity index (χ0v) is 18.7. The van der Waals surface area contributed by atoms with Gasteiger partial charge in [0.05, 0.1) is 32.7 Å². The van der Waals surface area contributed by atoms with E-state index in [2.05, 4.69) is 4.74 Å². The zero-order chi connectivity index (χ0) is 22.3. The van der Waals surface area contributed by atoms with Gasteiger partial charge in [0.15, 0.2) is 0 Å². The Morgan fingerprint density at radius 2 is 1.83 bits per heavy atom. The molecule has 174 valence electrons. The molecule has 0 aromatic rings. The van der Waals surface area contributed by atoms with Gasteiger partial charge in [0.1, 0.15) is 19.0 Å². The van der Waals surface area contributed by atoms with Crippen LogP contribution in [0.3, 0.4) is 0 Å². The van der Waals surface area contributed by atoms with E-state index in [4.69, 9.17) is 24.1 Å². The van der Waals surface area contributed by atoms with Crippen molar-refractivity contribution in [1.29, 1.82) is 0 Å². The number of aliphatic hydroxyl groups is 1. The zero-order valence-electron chi connectivity index (χ0n) is 17.9. The largest absolute Gasteiger partial charge is 0.469 e. The average Bonchev–Trinajstić information content (AvgIpc) is 2.62. The molecular weight excluding hydrogens is 406 g/mol. The first kappa shape index (κ1) is 28.2. The van der Waals surface area contributed by atoms with Crippen molar-refractivity contribution in [2.75, 3.05) is 40.5 Å². The van der Waals surface area contributed by atoms with Crippen LogP contribution in [0, 0.1) is 0 Å². The van der Waals surface area contributed by atoms with Crippen molar-refractivity contribution >= 4 is 16.1 Å². The number of unbranched alkanes of at least 4 members (excludes halogenated alkanes) is 2. The van der Waals surface area contributed by atoms with E-state index < -0.39 is 28.4 Å². The Morgan fingerprint density at radius 1 is 1.14 bits per heavy atom. The number of carbonyl (C=O) groups is 1. The molecule has 4 atom stereocenters. The highest BCUT2D eigenvalue weighted by atomic mass is 32.2. The first-order chi connectivity index (χ1) is 13.6. The minimum Gasteiger partial charge on any atom is -0.469 e. The summed E-state index contributed by atoms with van der Waals surface area (Å²) in [5, 5.41) is 10.5. The van der Waals surface area contributed by atoms with Gasteiger partial charge in [0, 0.05) is 19.6 Å². The molecule has 0 aliphatic heterocycles. The molecule has 3 N–H and O–H groups in total. The summed E-state index contributed by atoms with van der Waals surface area (Å²) >= 11 is 0. The molecule has 0 aliphatic carbocycles. The molecule has 0 radical (unpaired) electrons. The molecule has 10 nitrogen and oxygen atoms in total. The number of hydrogen-bond donors (Lipinski definition) is 2. The van der Waals surface area contributed by atoms with E-state index in [0.29, 0.717) is 32.5 Å². The first-order valence-electron chi connectivity index (χ1n) is 9.67. The minimum atomic E-state index is -3.72. The summed E-state index contributed by atoms with van der Waals surface area (Å²) in [5.41, 5.74) is 6.09. The third-order valence-corrected chi connectivity index (χ3v) is 4.82. The van der Waals surface area contributed by atoms with Gasteiger partial charge in [-0.05, 0) is 26.2 Å². The number of aliphatic hydroxyl groups excluding tert-OH is 1. The van der Waals surface area contributed by atoms with Gasteiger partial charge in [0.25, 0.3) is 10.1 Å². The van der Waals surface area contributed by atoms with Crippen molar-refractivity contribution in [1.82, 2.24) is 0 Å². The van der Waals surface area contributed by atoms with Crippen LogP contribution in [0.5, 0.6) is 0 Å². The lowest BCUT2D eigenvalue weighted by Gasteiger charge is -2.29. The molecule has 0 aliphatic rings. The number of hydrogen-bond acceptors (Lipinski definition) is 10. The van der Waals surface area contributed by atoms with Gasteiger partial charge in [-0.25, -0.2) is 0 Å². The molecule has 0 saturated carbocycles. The predicted octanol–water partition coefficient (Wildman–Crippen LogP) is 0.559. The van der Waals surface area contributed by atoms with E-state index in [1.165, 1.54) is 21.1 Å². The highest BCUT2D eigenvalue weighted by molar-refractivity contribution is 7.86. The van der Waals surface area contributed by atoms with E-state index in [-0.39, 0.29) is 25.2 Å². The molecular formula is C18H37NO9S. The van der Waals surface area contributed by atoms with Crippen molar-refractivity contribution < 1.29 is 41.4 Å². The highest BCUT2D eigenvalue weighted by Crippen LogP contribution is 2.17. The first-order valence-corrected chi connectivity index (χ1v) is 11.5. The molecule has 29 heavy (non-hydrogen) atoms. The third-order valence-electron chi connectivity index (χ3n) is 4.17. The quantitative estimate of drug-likeness (QED) is 0.133. The van der Waals surface area contributed by atoms with Crippen LogP contribution in [0.1, 0.15) is 45.4 Å². The lowest BCUT2D eigenvalue weighted by Crippen LogP contribution is -2.43. The molecule has 0 aromatic heterocycles. The molecule has 0 rings (SSSR count). The Hall–Kier alpha value is -0.820. The maximum absolute atomic E-state index is 11.4. The lowest BCUT2D eigenvalue weighted by molar-refractivity contribution is -0.155. The van der Waals surface area contributed by atoms with E-state index in [0.717, 1.165) is 19.1 Å². The van der Waals surface area contributed by atoms with Gasteiger partial charge in [-0.1, -0.05) is 12.8 Å². The SMILES string of the molecule is COCCOCO[C@@H]([C@H](O)C[C@H](N)CCCCCC(=O)OC)[C@@H](C)OS(C)(=O)=O. The Morgan fingerprint density at radius 3 is 2.41 bits per heavy atom. The number of ether oxygens (including phenoxy) is 4. The number of rotatable bonds is 18. The standard InChI is InChI=1S/C18H37NO9S/c1-14(28-29(4,22)23)18(27-13-26-11-10-24-2)16(20)12-15(19)8-6-5-7-9-17(21)25-3/h14-16,18,20H,5-13,19H2,1-4H3/t14-,15-,16-,18-/m1/s1. The average molecular weight is 444 g/mol. The van der Waals surface area contributed by atoms with E-state index >= 15 is 0 Å². The van der Waals surface area contributed by atoms with E-state index in [1.807, 2.05) is 0 Å². The van der Waals surface area contributed by atoms with Crippen LogP contribution in [0.4, 0.5) is 0 Å². The number of nitrogens with two attached hydrogens (primary N) is 1. The fourth-order valence-corrected chi connectivity index (χ4v) is 3.40. The van der Waals surface area contributed by atoms with Crippen molar-refractivity contribution in [3.63, 3.8) is 0 Å². The van der Waals surface area contributed by atoms with Crippen LogP contribution in [0.15, 0.2) is 0 Å². The summed E-state index contributed by atoms with van der Waals surface area (Å²) < 4.78 is 48.0. The monoisotopic (exact) mass is 443 g/mol. The summed E-state index contributed by atoms with van der Waals surface area (Å²) in [5.74, 6) is -0.239. The molecule has 0 unspecified atom stereocenters. The molecule has 0 aromatic carbocycles. The van der Waals surface area contributed by atoms with Crippen molar-refractivity contribution in [3.05, 3.63) is 0 Å². The van der Waals surface area contributed by atoms with Crippen LogP contribution in [0.25, 0.3) is 0 Å². The topological polar surface area (TPSA) is 144 Å². The Bertz CT molecular complexity index is 529. The third kappa shape index (κ3) is 15.7. The molecule has 0 heterocycles. The molecule has 11 heteroatoms. The molecule has 0 amide bonds. The fraction of sp³-hybridized carbons (Fsp3) is 0.944. The Balaban J connectivity index is 4.50. The molecule has 0 saturated heterocycles. The Kier molecular flexibility index (Phi) is 15.5. The minimum absolute atomic E-state index is 0.148. The van der Waals surface area contributed by atoms with Crippen molar-refractivity contribution in [3.8, 4) is 0 Å². The molecule has 0 fully saturated rings. The molecule has 0 spiro atoms. The summed E-state index contributed by atoms with van der Waals surface area (Å²) in [7, 11) is -0.827. The second-order valence-corrected chi connectivity index (χ2v) is 8.49. The lowest BCUT2D eigenvalue weighted by atomic mass is 9.98. The number of carbonyl (C=O) groups excluding carboxylic acids is 1. The smallest absolute Gasteiger partial charge is 0.305 e. The highest BCUT2D eigenvalue weighted by Gasteiger charge is 2.30. The maximum atomic E-state index is 11.4. The van der Waals surface area contributed by atoms with Crippen LogP contribution in [-0.4, -0.2) is 84.3 Å². The summed E-state index contributed by atoms with van der Waals surface area (Å²) in [6.45, 7) is 2.03. The number of esters is 1. The Labute approximate surface area is 174 Å². The van der Waals surface area contributed by atoms with E-state index in [1.54, 1.807) is 0 Å². The second kappa shape index (κ2) is 15.9. The van der Waals surface area contributed by atoms with Crippen molar-refractivity contribution in [2.45, 2.75) is 69.8 Å². The van der Waals surface area contributed by atoms with Crippen LogP contribution < -0.4 is 5.73 Å². The predicted molar refractivity (Wildman–Crippen MR) is 107 cm³/mol. The van der Waals surface area contributed by atoms with Gasteiger partial charge in [0.2, 0.25) is 0 Å². The maximum Gasteiger partial charge on any atom is 0.305 e. The van der Waals surface area contributed by atoms with Crippen LogP contribution >= 0.6 is 0 Å². The summed E-state index contributed by atoms with van der Waals surface area (Å²) in [6, 6.07) is -0.311. The number of methoxy groups -OCH3 is 2. The van der Waals surface area contributed by atoms with E-state index in [9.17, 15) is 18.3 Å². The van der Waals surface area contributed by atoms with Gasteiger partial charge in [-0.15, -0.1) is 0 Å². The van der Waals surface area contributed by atoms with Gasteiger partial charge >= 0.3 is 5.97 Å². The summed E-state index contributed by atoms with van der Waals surface area (Å²) in [4.78, 5) is 11.1. The second-order valence-electron chi connectivity index (χ2n) is 6.89. The van der Waals surface area contributed by atoms with Crippen LogP contribution in [-0.2, 0) is 38.0 Å². The van der Waals surface area contributed by atoms with Gasteiger partial charge in [-0.3, -0.25) is 8.98 Å². The van der Waals surface area contributed by atoms with Crippen LogP contribution in [0.2, 0.25) is 0 Å². The van der Waals surface area contributed by atoms with Gasteiger partial charge < -0.3 is 29.8 Å². The fourth-order valence-electron chi connectivity index (χ4n) is 2.73. The normalized spacial score (nSPS) is 16.2. The van der Waals surface area contributed by atoms with Crippen molar-refractivity contribution in [2.24, 2.45) is 5.73 Å². The van der Waals surface area contributed by atoms with Gasteiger partial charge in [-0.2, -0.15) is 8.42 Å². The molecule has 0 bridgehead atoms.